The van der Waals surface area contributed by atoms with Gasteiger partial charge < -0.3 is 5.32 Å². The van der Waals surface area contributed by atoms with Crippen molar-refractivity contribution in [2.45, 2.75) is 34.1 Å². The standard InChI is InChI=1S/C17H23N3/c1-5-18-16-11-13(4)19-17(20-16)15-8-6-14(7-9-15)10-12(2)3/h6-9,11-12H,5,10H2,1-4H3,(H,18,19,20). The van der Waals surface area contributed by atoms with Gasteiger partial charge in [0.05, 0.1) is 0 Å². The minimum Gasteiger partial charge on any atom is -0.370 e. The van der Waals surface area contributed by atoms with Crippen LogP contribution in [0.4, 0.5) is 5.82 Å². The summed E-state index contributed by atoms with van der Waals surface area (Å²) in [6.07, 6.45) is 1.11. The van der Waals surface area contributed by atoms with Gasteiger partial charge >= 0.3 is 0 Å². The molecule has 0 unspecified atom stereocenters. The number of aromatic nitrogens is 2. The Morgan fingerprint density at radius 1 is 1.10 bits per heavy atom. The summed E-state index contributed by atoms with van der Waals surface area (Å²) in [5.74, 6) is 2.36. The molecule has 1 aromatic heterocycles. The third kappa shape index (κ3) is 3.80. The maximum Gasteiger partial charge on any atom is 0.161 e. The molecule has 0 amide bonds. The minimum atomic E-state index is 0.677. The zero-order valence-electron chi connectivity index (χ0n) is 12.8. The van der Waals surface area contributed by atoms with E-state index in [9.17, 15) is 0 Å². The third-order valence-corrected chi connectivity index (χ3v) is 3.07. The molecule has 1 heterocycles. The number of hydrogen-bond donors (Lipinski definition) is 1. The Bertz CT molecular complexity index is 559. The molecule has 0 atom stereocenters. The van der Waals surface area contributed by atoms with Crippen LogP contribution in [-0.4, -0.2) is 16.5 Å². The van der Waals surface area contributed by atoms with Crippen LogP contribution in [0.1, 0.15) is 32.0 Å². The lowest BCUT2D eigenvalue weighted by Crippen LogP contribution is -2.02. The average Bonchev–Trinajstić information content (AvgIpc) is 2.38. The molecule has 3 heteroatoms. The summed E-state index contributed by atoms with van der Waals surface area (Å²) in [5, 5.41) is 3.24. The molecule has 2 aromatic rings. The summed E-state index contributed by atoms with van der Waals surface area (Å²) in [7, 11) is 0. The highest BCUT2D eigenvalue weighted by molar-refractivity contribution is 5.58. The molecule has 20 heavy (non-hydrogen) atoms. The second-order valence-corrected chi connectivity index (χ2v) is 5.54. The van der Waals surface area contributed by atoms with Crippen molar-refractivity contribution in [3.8, 4) is 11.4 Å². The molecule has 0 aliphatic carbocycles. The van der Waals surface area contributed by atoms with Crippen LogP contribution >= 0.6 is 0 Å². The summed E-state index contributed by atoms with van der Waals surface area (Å²) in [6, 6.07) is 10.5. The van der Waals surface area contributed by atoms with E-state index in [1.54, 1.807) is 0 Å². The van der Waals surface area contributed by atoms with Crippen LogP contribution in [0.3, 0.4) is 0 Å². The number of benzene rings is 1. The van der Waals surface area contributed by atoms with Crippen LogP contribution in [0.15, 0.2) is 30.3 Å². The Balaban J connectivity index is 2.26. The van der Waals surface area contributed by atoms with Gasteiger partial charge in [-0.15, -0.1) is 0 Å². The molecule has 0 saturated carbocycles. The van der Waals surface area contributed by atoms with Gasteiger partial charge in [-0.25, -0.2) is 9.97 Å². The summed E-state index contributed by atoms with van der Waals surface area (Å²) < 4.78 is 0. The van der Waals surface area contributed by atoms with Gasteiger partial charge in [-0.05, 0) is 31.7 Å². The third-order valence-electron chi connectivity index (χ3n) is 3.07. The molecule has 1 N–H and O–H groups in total. The fourth-order valence-electron chi connectivity index (χ4n) is 2.23. The number of hydrogen-bond acceptors (Lipinski definition) is 3. The highest BCUT2D eigenvalue weighted by Gasteiger charge is 2.05. The number of anilines is 1. The molecule has 0 aliphatic rings. The normalized spacial score (nSPS) is 10.8. The van der Waals surface area contributed by atoms with Crippen LogP contribution in [0.25, 0.3) is 11.4 Å². The van der Waals surface area contributed by atoms with E-state index in [2.05, 4.69) is 60.3 Å². The smallest absolute Gasteiger partial charge is 0.161 e. The first kappa shape index (κ1) is 14.5. The fourth-order valence-corrected chi connectivity index (χ4v) is 2.23. The predicted molar refractivity (Wildman–Crippen MR) is 84.9 cm³/mol. The molecule has 1 aromatic carbocycles. The van der Waals surface area contributed by atoms with Crippen molar-refractivity contribution in [3.63, 3.8) is 0 Å². The van der Waals surface area contributed by atoms with Crippen molar-refractivity contribution < 1.29 is 0 Å². The number of nitrogens with one attached hydrogen (secondary N) is 1. The number of nitrogens with zero attached hydrogens (tertiary/aromatic N) is 2. The van der Waals surface area contributed by atoms with Gasteiger partial charge in [0.1, 0.15) is 5.82 Å². The van der Waals surface area contributed by atoms with Crippen LogP contribution in [-0.2, 0) is 6.42 Å². The Labute approximate surface area is 121 Å². The van der Waals surface area contributed by atoms with Crippen molar-refractivity contribution in [3.05, 3.63) is 41.6 Å². The first-order valence-corrected chi connectivity index (χ1v) is 7.27. The number of rotatable bonds is 5. The zero-order chi connectivity index (χ0) is 14.5. The lowest BCUT2D eigenvalue weighted by molar-refractivity contribution is 0.647. The van der Waals surface area contributed by atoms with Crippen molar-refractivity contribution in [1.82, 2.24) is 9.97 Å². The van der Waals surface area contributed by atoms with Crippen molar-refractivity contribution in [1.29, 1.82) is 0 Å². The van der Waals surface area contributed by atoms with E-state index >= 15 is 0 Å². The summed E-state index contributed by atoms with van der Waals surface area (Å²) in [6.45, 7) is 9.40. The zero-order valence-corrected chi connectivity index (χ0v) is 12.8. The SMILES string of the molecule is CCNc1cc(C)nc(-c2ccc(CC(C)C)cc2)n1. The van der Waals surface area contributed by atoms with E-state index in [0.717, 1.165) is 35.9 Å². The van der Waals surface area contributed by atoms with Gasteiger partial charge in [0.15, 0.2) is 5.82 Å². The average molecular weight is 269 g/mol. The number of aryl methyl sites for hydroxylation is 1. The van der Waals surface area contributed by atoms with Crippen molar-refractivity contribution in [2.75, 3.05) is 11.9 Å². The van der Waals surface area contributed by atoms with Gasteiger partial charge in [0, 0.05) is 23.9 Å². The van der Waals surface area contributed by atoms with E-state index in [1.165, 1.54) is 5.56 Å². The summed E-state index contributed by atoms with van der Waals surface area (Å²) in [5.41, 5.74) is 3.42. The van der Waals surface area contributed by atoms with Crippen LogP contribution in [0.5, 0.6) is 0 Å². The van der Waals surface area contributed by atoms with E-state index in [-0.39, 0.29) is 0 Å². The molecular weight excluding hydrogens is 246 g/mol. The van der Waals surface area contributed by atoms with Gasteiger partial charge in [0.25, 0.3) is 0 Å². The first-order chi connectivity index (χ1) is 9.58. The maximum atomic E-state index is 4.56. The van der Waals surface area contributed by atoms with Crippen LogP contribution in [0.2, 0.25) is 0 Å². The molecule has 0 fully saturated rings. The van der Waals surface area contributed by atoms with Gasteiger partial charge in [0.2, 0.25) is 0 Å². The van der Waals surface area contributed by atoms with Gasteiger partial charge in [-0.3, -0.25) is 0 Å². The second-order valence-electron chi connectivity index (χ2n) is 5.54. The largest absolute Gasteiger partial charge is 0.370 e. The van der Waals surface area contributed by atoms with Crippen LogP contribution < -0.4 is 5.32 Å². The lowest BCUT2D eigenvalue weighted by atomic mass is 10.0. The Morgan fingerprint density at radius 2 is 1.80 bits per heavy atom. The monoisotopic (exact) mass is 269 g/mol. The predicted octanol–water partition coefficient (Wildman–Crippen LogP) is 4.08. The molecule has 0 aliphatic heterocycles. The van der Waals surface area contributed by atoms with E-state index in [4.69, 9.17) is 0 Å². The lowest BCUT2D eigenvalue weighted by Gasteiger charge is -2.08. The molecule has 3 nitrogen and oxygen atoms in total. The first-order valence-electron chi connectivity index (χ1n) is 7.27. The van der Waals surface area contributed by atoms with Crippen LogP contribution in [0, 0.1) is 12.8 Å². The Kier molecular flexibility index (Phi) is 4.72. The molecule has 0 spiro atoms. The summed E-state index contributed by atoms with van der Waals surface area (Å²) in [4.78, 5) is 9.09. The van der Waals surface area contributed by atoms with Gasteiger partial charge in [-0.2, -0.15) is 0 Å². The Hall–Kier alpha value is -1.90. The molecule has 106 valence electrons. The molecule has 0 saturated heterocycles. The molecule has 0 radical (unpaired) electrons. The van der Waals surface area contributed by atoms with E-state index in [0.29, 0.717) is 5.92 Å². The van der Waals surface area contributed by atoms with Crippen molar-refractivity contribution >= 4 is 5.82 Å². The highest BCUT2D eigenvalue weighted by Crippen LogP contribution is 2.19. The van der Waals surface area contributed by atoms with Gasteiger partial charge in [-0.1, -0.05) is 38.1 Å². The summed E-state index contributed by atoms with van der Waals surface area (Å²) >= 11 is 0. The topological polar surface area (TPSA) is 37.8 Å². The fraction of sp³-hybridized carbons (Fsp3) is 0.412. The Morgan fingerprint density at radius 3 is 2.40 bits per heavy atom. The molecule has 0 bridgehead atoms. The molecule has 2 rings (SSSR count). The van der Waals surface area contributed by atoms with Crippen molar-refractivity contribution in [2.24, 2.45) is 5.92 Å². The van der Waals surface area contributed by atoms with E-state index in [1.807, 2.05) is 13.0 Å². The quantitative estimate of drug-likeness (QED) is 0.888. The molecular formula is C17H23N3. The maximum absolute atomic E-state index is 4.56. The highest BCUT2D eigenvalue weighted by atomic mass is 15.0. The second kappa shape index (κ2) is 6.51. The minimum absolute atomic E-state index is 0.677. The van der Waals surface area contributed by atoms with E-state index < -0.39 is 0 Å².